The Balaban J connectivity index is 0.849. The minimum Gasteiger partial charge on any atom is -0.489 e. The first kappa shape index (κ1) is 45.1. The number of anilines is 7. The first-order chi connectivity index (χ1) is 32.8. The quantitative estimate of drug-likeness (QED) is 0.0981. The SMILES string of the molecule is C=CC(=O)Nc1cc(Nc2nc(-c3ccnc(N4CCn5c(cc6c5CC(C)(C)C6)C4=O)c3CO)cnc2OC)ccc1N1CCN(C2CCN(c3ccc4c(c3)OC[C@@H](C)N4)[C@H](C)C2)C[C@@H]1C. The number of hydrogen-bond acceptors (Lipinski definition) is 13. The summed E-state index contributed by atoms with van der Waals surface area (Å²) in [5.41, 5.74) is 9.31. The largest absolute Gasteiger partial charge is 0.489 e. The van der Waals surface area contributed by atoms with Crippen LogP contribution in [0.3, 0.4) is 0 Å². The molecular weight excluding hydrogens is 859 g/mol. The maximum atomic E-state index is 14.1. The predicted molar refractivity (Wildman–Crippen MR) is 267 cm³/mol. The van der Waals surface area contributed by atoms with Crippen molar-refractivity contribution in [2.45, 2.75) is 97.6 Å². The summed E-state index contributed by atoms with van der Waals surface area (Å²) in [4.78, 5) is 50.4. The van der Waals surface area contributed by atoms with Gasteiger partial charge in [-0.15, -0.1) is 0 Å². The van der Waals surface area contributed by atoms with Crippen LogP contribution in [0.5, 0.6) is 11.6 Å². The molecule has 7 heterocycles. The number of methoxy groups -OCH3 is 1. The van der Waals surface area contributed by atoms with E-state index in [2.05, 4.69) is 105 Å². The smallest absolute Gasteiger partial charge is 0.276 e. The van der Waals surface area contributed by atoms with Gasteiger partial charge in [0.05, 0.1) is 48.7 Å². The third-order valence-electron chi connectivity index (χ3n) is 14.5. The van der Waals surface area contributed by atoms with Gasteiger partial charge in [-0.05, 0) is 106 Å². The number of rotatable bonds is 11. The highest BCUT2D eigenvalue weighted by Crippen LogP contribution is 2.42. The molecule has 16 nitrogen and oxygen atoms in total. The molecular formula is C52H63N11O5. The van der Waals surface area contributed by atoms with Crippen molar-refractivity contribution in [3.8, 4) is 22.9 Å². The van der Waals surface area contributed by atoms with Crippen molar-refractivity contribution in [3.63, 3.8) is 0 Å². The lowest BCUT2D eigenvalue weighted by Crippen LogP contribution is -2.58. The van der Waals surface area contributed by atoms with Crippen LogP contribution in [0, 0.1) is 5.41 Å². The van der Waals surface area contributed by atoms with E-state index < -0.39 is 0 Å². The van der Waals surface area contributed by atoms with Crippen LogP contribution in [-0.4, -0.2) is 112 Å². The van der Waals surface area contributed by atoms with Crippen LogP contribution in [0.25, 0.3) is 11.3 Å². The molecule has 0 saturated carbocycles. The van der Waals surface area contributed by atoms with Gasteiger partial charge in [-0.25, -0.2) is 15.0 Å². The fourth-order valence-corrected chi connectivity index (χ4v) is 11.2. The molecule has 2 saturated heterocycles. The van der Waals surface area contributed by atoms with Crippen molar-refractivity contribution in [1.29, 1.82) is 0 Å². The van der Waals surface area contributed by atoms with Gasteiger partial charge in [0, 0.05) is 97.9 Å². The standard InChI is InChI=1S/C52H63N11O5/c1-8-47(65)57-41-23-35(9-12-43(41)61-18-17-59(28-33(61)4)36-14-16-60(32(3)21-36)37-10-11-40-46(24-37)68-30-31(2)55-40)56-48-50(67-7)54-27-42(58-48)38-13-15-53-49(39(38)29-64)63-20-19-62-44(51(63)66)22-34-25-52(5,6)26-45(34)62/h8-13,15,22-24,27,31-33,36,55,64H,1,14,16-21,25-26,28-30H2,2-7H3,(H,56,58)(H,57,65)/t31-,32-,33+,36?/m1/s1. The van der Waals surface area contributed by atoms with Crippen molar-refractivity contribution in [1.82, 2.24) is 24.4 Å². The van der Waals surface area contributed by atoms with E-state index in [4.69, 9.17) is 14.5 Å². The minimum atomic E-state index is -0.368. The fraction of sp³-hybridized carbons (Fsp3) is 0.442. The summed E-state index contributed by atoms with van der Waals surface area (Å²) in [5, 5.41) is 20.8. The lowest BCUT2D eigenvalue weighted by Gasteiger charge is -2.48. The number of nitrogens with one attached hydrogen (secondary N) is 3. The number of aromatic nitrogens is 4. The molecule has 1 unspecified atom stereocenters. The molecule has 4 N–H and O–H groups in total. The number of ether oxygens (including phenoxy) is 2. The first-order valence-electron chi connectivity index (χ1n) is 24.0. The topological polar surface area (TPSA) is 165 Å². The maximum absolute atomic E-state index is 14.1. The molecule has 4 aliphatic heterocycles. The molecule has 5 aromatic rings. The number of carbonyl (C=O) groups is 2. The summed E-state index contributed by atoms with van der Waals surface area (Å²) < 4.78 is 13.9. The molecule has 1 aliphatic carbocycles. The second-order valence-electron chi connectivity index (χ2n) is 19.9. The molecule has 2 fully saturated rings. The minimum absolute atomic E-state index is 0.138. The Hall–Kier alpha value is -6.65. The summed E-state index contributed by atoms with van der Waals surface area (Å²) in [6.45, 7) is 19.9. The van der Waals surface area contributed by atoms with Crippen LogP contribution >= 0.6 is 0 Å². The number of carbonyl (C=O) groups excluding carboxylic acids is 2. The number of amides is 2. The predicted octanol–water partition coefficient (Wildman–Crippen LogP) is 7.26. The second kappa shape index (κ2) is 18.1. The highest BCUT2D eigenvalue weighted by atomic mass is 16.5. The van der Waals surface area contributed by atoms with Gasteiger partial charge in [-0.2, -0.15) is 0 Å². The highest BCUT2D eigenvalue weighted by Gasteiger charge is 2.38. The summed E-state index contributed by atoms with van der Waals surface area (Å²) in [6, 6.07) is 17.6. The highest BCUT2D eigenvalue weighted by molar-refractivity contribution is 6.06. The van der Waals surface area contributed by atoms with Gasteiger partial charge >= 0.3 is 0 Å². The van der Waals surface area contributed by atoms with Gasteiger partial charge in [0.25, 0.3) is 11.8 Å². The third-order valence-corrected chi connectivity index (χ3v) is 14.5. The van der Waals surface area contributed by atoms with Gasteiger partial charge in [-0.1, -0.05) is 20.4 Å². The lowest BCUT2D eigenvalue weighted by atomic mass is 9.90. The molecule has 16 heteroatoms. The zero-order chi connectivity index (χ0) is 47.4. The molecule has 5 aliphatic rings. The molecule has 2 aromatic carbocycles. The van der Waals surface area contributed by atoms with Crippen LogP contribution in [0.1, 0.15) is 74.8 Å². The average Bonchev–Trinajstić information content (AvgIpc) is 3.83. The number of hydrogen-bond donors (Lipinski definition) is 4. The Morgan fingerprint density at radius 3 is 2.65 bits per heavy atom. The zero-order valence-electron chi connectivity index (χ0n) is 40.0. The van der Waals surface area contributed by atoms with Crippen LogP contribution in [0.15, 0.2) is 73.6 Å². The molecule has 0 spiro atoms. The molecule has 68 heavy (non-hydrogen) atoms. The Labute approximate surface area is 398 Å². The number of fused-ring (bicyclic) bond motifs is 4. The van der Waals surface area contributed by atoms with Crippen LogP contribution in [0.2, 0.25) is 0 Å². The van der Waals surface area contributed by atoms with Crippen LogP contribution in [0.4, 0.5) is 40.1 Å². The van der Waals surface area contributed by atoms with E-state index in [1.165, 1.54) is 30.1 Å². The van der Waals surface area contributed by atoms with E-state index in [1.54, 1.807) is 23.4 Å². The van der Waals surface area contributed by atoms with E-state index >= 15 is 0 Å². The Bertz CT molecular complexity index is 2770. The summed E-state index contributed by atoms with van der Waals surface area (Å²) in [6.07, 6.45) is 8.53. The van der Waals surface area contributed by atoms with Crippen molar-refractivity contribution in [3.05, 3.63) is 96.1 Å². The molecule has 3 aromatic heterocycles. The van der Waals surface area contributed by atoms with Gasteiger partial charge in [0.15, 0.2) is 5.82 Å². The van der Waals surface area contributed by atoms with Crippen LogP contribution in [-0.2, 0) is 30.8 Å². The third kappa shape index (κ3) is 8.48. The maximum Gasteiger partial charge on any atom is 0.276 e. The molecule has 4 atom stereocenters. The van der Waals surface area contributed by atoms with E-state index in [9.17, 15) is 14.7 Å². The zero-order valence-corrected chi connectivity index (χ0v) is 40.0. The van der Waals surface area contributed by atoms with Crippen molar-refractivity contribution in [2.24, 2.45) is 5.41 Å². The summed E-state index contributed by atoms with van der Waals surface area (Å²) in [7, 11) is 1.53. The van der Waals surface area contributed by atoms with Gasteiger partial charge < -0.3 is 44.9 Å². The molecule has 356 valence electrons. The molecule has 2 amide bonds. The van der Waals surface area contributed by atoms with Crippen LogP contribution < -0.4 is 40.1 Å². The summed E-state index contributed by atoms with van der Waals surface area (Å²) in [5.74, 6) is 1.46. The van der Waals surface area contributed by atoms with E-state index in [0.29, 0.717) is 83.3 Å². The van der Waals surface area contributed by atoms with E-state index in [-0.39, 0.29) is 35.8 Å². The van der Waals surface area contributed by atoms with Gasteiger partial charge in [0.1, 0.15) is 23.9 Å². The lowest BCUT2D eigenvalue weighted by molar-refractivity contribution is -0.111. The number of benzene rings is 2. The first-order valence-corrected chi connectivity index (χ1v) is 24.0. The number of pyridine rings is 1. The summed E-state index contributed by atoms with van der Waals surface area (Å²) >= 11 is 0. The van der Waals surface area contributed by atoms with Crippen molar-refractivity contribution < 1.29 is 24.2 Å². The molecule has 0 radical (unpaired) electrons. The van der Waals surface area contributed by atoms with Crippen molar-refractivity contribution >= 4 is 51.9 Å². The number of aliphatic hydroxyl groups is 1. The number of piperazine rings is 1. The number of aliphatic hydroxyl groups excluding tert-OH is 1. The Morgan fingerprint density at radius 2 is 1.87 bits per heavy atom. The second-order valence-corrected chi connectivity index (χ2v) is 19.9. The fourth-order valence-electron chi connectivity index (χ4n) is 11.2. The monoisotopic (exact) mass is 922 g/mol. The average molecular weight is 922 g/mol. The number of piperidine rings is 1. The van der Waals surface area contributed by atoms with E-state index in [0.717, 1.165) is 69.0 Å². The molecule has 10 rings (SSSR count). The number of nitrogens with zero attached hydrogens (tertiary/aromatic N) is 8. The Kier molecular flexibility index (Phi) is 12.0. The normalized spacial score (nSPS) is 22.1. The van der Waals surface area contributed by atoms with Crippen molar-refractivity contribution in [2.75, 3.05) is 77.1 Å². The molecule has 0 bridgehead atoms. The van der Waals surface area contributed by atoms with E-state index in [1.807, 2.05) is 24.3 Å². The van der Waals surface area contributed by atoms with Gasteiger partial charge in [-0.3, -0.25) is 19.4 Å². The van der Waals surface area contributed by atoms with Gasteiger partial charge in [0.2, 0.25) is 5.91 Å². The Morgan fingerprint density at radius 1 is 1.01 bits per heavy atom.